The number of para-hydroxylation sites is 1. The molecule has 0 saturated heterocycles. The fourth-order valence-electron chi connectivity index (χ4n) is 4.43. The zero-order valence-corrected chi connectivity index (χ0v) is 19.0. The lowest BCUT2D eigenvalue weighted by Crippen LogP contribution is -2.19. The predicted molar refractivity (Wildman–Crippen MR) is 125 cm³/mol. The molecule has 2 aromatic carbocycles. The number of aromatic nitrogens is 5. The lowest BCUT2D eigenvalue weighted by atomic mass is 10.1. The normalized spacial score (nSPS) is 16.7. The Morgan fingerprint density at radius 3 is 2.94 bits per heavy atom. The van der Waals surface area contributed by atoms with Gasteiger partial charge in [-0.05, 0) is 49.6 Å². The van der Waals surface area contributed by atoms with Crippen LogP contribution in [0.15, 0.2) is 49.2 Å². The van der Waals surface area contributed by atoms with E-state index < -0.39 is 11.7 Å². The van der Waals surface area contributed by atoms with Gasteiger partial charge in [0.15, 0.2) is 11.6 Å². The minimum absolute atomic E-state index is 0.0881. The summed E-state index contributed by atoms with van der Waals surface area (Å²) in [7, 11) is 0. The van der Waals surface area contributed by atoms with Crippen molar-refractivity contribution in [1.29, 1.82) is 0 Å². The molecule has 0 radical (unpaired) electrons. The summed E-state index contributed by atoms with van der Waals surface area (Å²) >= 11 is 0. The van der Waals surface area contributed by atoms with Crippen molar-refractivity contribution in [3.8, 4) is 22.8 Å². The van der Waals surface area contributed by atoms with Gasteiger partial charge in [-0.1, -0.05) is 6.07 Å². The van der Waals surface area contributed by atoms with Gasteiger partial charge in [0.2, 0.25) is 0 Å². The first-order chi connectivity index (χ1) is 17.0. The molecular formula is C25H23FN6O3. The van der Waals surface area contributed by atoms with Crippen LogP contribution in [0.25, 0.3) is 17.1 Å². The molecule has 2 N–H and O–H groups in total. The molecular weight excluding hydrogens is 451 g/mol. The summed E-state index contributed by atoms with van der Waals surface area (Å²) in [6.45, 7) is 1.80. The Hall–Kier alpha value is -4.05. The summed E-state index contributed by atoms with van der Waals surface area (Å²) in [4.78, 5) is 17.7. The van der Waals surface area contributed by atoms with E-state index in [4.69, 9.17) is 4.74 Å². The molecule has 178 valence electrons. The van der Waals surface area contributed by atoms with Crippen LogP contribution in [-0.2, 0) is 0 Å². The SMILES string of the molecule is Cc1cc(F)c(C(=O)Nc2cccc3c2OC[C@@H](CO)n2cnnc2-3)cc1-n1cnc(C2CC2)c1. The number of aryl methyl sites for hydroxylation is 1. The number of aliphatic hydroxyl groups is 1. The van der Waals surface area contributed by atoms with Crippen LogP contribution in [0, 0.1) is 12.7 Å². The molecule has 0 spiro atoms. The highest BCUT2D eigenvalue weighted by atomic mass is 19.1. The van der Waals surface area contributed by atoms with Crippen molar-refractivity contribution in [3.63, 3.8) is 0 Å². The number of imidazole rings is 1. The number of rotatable bonds is 5. The van der Waals surface area contributed by atoms with Crippen molar-refractivity contribution in [3.05, 3.63) is 71.8 Å². The fraction of sp³-hybridized carbons (Fsp3) is 0.280. The number of aliphatic hydroxyl groups excluding tert-OH is 1. The topological polar surface area (TPSA) is 107 Å². The summed E-state index contributed by atoms with van der Waals surface area (Å²) in [5, 5.41) is 20.7. The standard InChI is InChI=1S/C25H23FN6O3/c1-14-7-19(26)18(8-22(14)31-9-21(27-12-31)15-5-6-15)25(34)29-20-4-2-3-17-23(20)35-11-16(10-33)32-13-28-30-24(17)32/h2-4,7-9,12-13,15-16,33H,5-6,10-11H2,1H3,(H,29,34)/t16-/m1/s1. The smallest absolute Gasteiger partial charge is 0.258 e. The third kappa shape index (κ3) is 3.75. The molecule has 4 aromatic rings. The molecule has 0 bridgehead atoms. The fourth-order valence-corrected chi connectivity index (χ4v) is 4.43. The Morgan fingerprint density at radius 2 is 2.14 bits per heavy atom. The van der Waals surface area contributed by atoms with E-state index in [1.807, 2.05) is 10.8 Å². The number of hydrogen-bond acceptors (Lipinski definition) is 6. The van der Waals surface area contributed by atoms with Gasteiger partial charge < -0.3 is 24.3 Å². The van der Waals surface area contributed by atoms with Crippen LogP contribution in [-0.4, -0.2) is 48.5 Å². The van der Waals surface area contributed by atoms with Crippen molar-refractivity contribution in [2.75, 3.05) is 18.5 Å². The van der Waals surface area contributed by atoms with Crippen LogP contribution in [0.1, 0.15) is 46.4 Å². The lowest BCUT2D eigenvalue weighted by Gasteiger charge is -2.16. The van der Waals surface area contributed by atoms with Crippen LogP contribution in [0.5, 0.6) is 5.75 Å². The van der Waals surface area contributed by atoms with Crippen LogP contribution in [0.3, 0.4) is 0 Å². The lowest BCUT2D eigenvalue weighted by molar-refractivity contribution is 0.102. The molecule has 6 rings (SSSR count). The zero-order chi connectivity index (χ0) is 24.1. The number of carbonyl (C=O) groups is 1. The van der Waals surface area contributed by atoms with Crippen molar-refractivity contribution >= 4 is 11.6 Å². The highest BCUT2D eigenvalue weighted by molar-refractivity contribution is 6.06. The third-order valence-electron chi connectivity index (χ3n) is 6.51. The van der Waals surface area contributed by atoms with E-state index in [1.54, 1.807) is 42.1 Å². The van der Waals surface area contributed by atoms with E-state index in [0.717, 1.165) is 18.5 Å². The number of ether oxygens (including phenoxy) is 1. The molecule has 10 heteroatoms. The molecule has 1 aliphatic heterocycles. The Kier molecular flexibility index (Phi) is 5.10. The molecule has 1 saturated carbocycles. The average Bonchev–Trinajstić information content (AvgIpc) is 3.43. The number of fused-ring (bicyclic) bond motifs is 3. The van der Waals surface area contributed by atoms with E-state index in [2.05, 4.69) is 20.5 Å². The summed E-state index contributed by atoms with van der Waals surface area (Å²) in [6, 6.07) is 7.76. The van der Waals surface area contributed by atoms with Crippen LogP contribution in [0.2, 0.25) is 0 Å². The molecule has 35 heavy (non-hydrogen) atoms. The summed E-state index contributed by atoms with van der Waals surface area (Å²) < 4.78 is 24.5. The molecule has 3 heterocycles. The maximum absolute atomic E-state index is 14.9. The second kappa shape index (κ2) is 8.31. The molecule has 0 unspecified atom stereocenters. The van der Waals surface area contributed by atoms with Gasteiger partial charge in [0.05, 0.1) is 47.2 Å². The first kappa shape index (κ1) is 21.5. The number of nitrogens with zero attached hydrogens (tertiary/aromatic N) is 5. The van der Waals surface area contributed by atoms with Gasteiger partial charge in [-0.25, -0.2) is 9.37 Å². The number of anilines is 1. The summed E-state index contributed by atoms with van der Waals surface area (Å²) in [5.41, 5.74) is 3.31. The number of carbonyl (C=O) groups excluding carboxylic acids is 1. The molecule has 1 fully saturated rings. The van der Waals surface area contributed by atoms with Crippen molar-refractivity contribution in [2.45, 2.75) is 31.7 Å². The molecule has 9 nitrogen and oxygen atoms in total. The first-order valence-corrected chi connectivity index (χ1v) is 11.5. The minimum atomic E-state index is -0.616. The predicted octanol–water partition coefficient (Wildman–Crippen LogP) is 3.63. The van der Waals surface area contributed by atoms with Crippen molar-refractivity contribution in [2.24, 2.45) is 0 Å². The van der Waals surface area contributed by atoms with E-state index in [0.29, 0.717) is 40.0 Å². The van der Waals surface area contributed by atoms with E-state index in [1.165, 1.54) is 12.4 Å². The number of amides is 1. The highest BCUT2D eigenvalue weighted by Gasteiger charge is 2.28. The maximum Gasteiger partial charge on any atom is 0.258 e. The van der Waals surface area contributed by atoms with Gasteiger partial charge in [-0.15, -0.1) is 10.2 Å². The van der Waals surface area contributed by atoms with Crippen LogP contribution < -0.4 is 10.1 Å². The Morgan fingerprint density at radius 1 is 1.29 bits per heavy atom. The van der Waals surface area contributed by atoms with Gasteiger partial charge in [-0.2, -0.15) is 0 Å². The Balaban J connectivity index is 1.34. The number of hydrogen-bond donors (Lipinski definition) is 2. The molecule has 1 atom stereocenters. The number of nitrogens with one attached hydrogen (secondary N) is 1. The Labute approximate surface area is 200 Å². The molecule has 2 aromatic heterocycles. The highest BCUT2D eigenvalue weighted by Crippen LogP contribution is 2.40. The van der Waals surface area contributed by atoms with Crippen molar-refractivity contribution < 1.29 is 19.0 Å². The Bertz CT molecular complexity index is 1440. The number of halogens is 1. The quantitative estimate of drug-likeness (QED) is 0.457. The zero-order valence-electron chi connectivity index (χ0n) is 19.0. The van der Waals surface area contributed by atoms with Gasteiger partial charge in [0.25, 0.3) is 5.91 Å². The van der Waals surface area contributed by atoms with Gasteiger partial charge in [-0.3, -0.25) is 4.79 Å². The molecule has 1 aliphatic carbocycles. The largest absolute Gasteiger partial charge is 0.488 e. The summed E-state index contributed by atoms with van der Waals surface area (Å²) in [5.74, 6) is 0.178. The maximum atomic E-state index is 14.9. The van der Waals surface area contributed by atoms with E-state index in [9.17, 15) is 14.3 Å². The number of benzene rings is 2. The monoisotopic (exact) mass is 474 g/mol. The van der Waals surface area contributed by atoms with Crippen molar-refractivity contribution in [1.82, 2.24) is 24.3 Å². The second-order valence-electron chi connectivity index (χ2n) is 8.94. The second-order valence-corrected chi connectivity index (χ2v) is 8.94. The van der Waals surface area contributed by atoms with Crippen LogP contribution in [0.4, 0.5) is 10.1 Å². The molecule has 2 aliphatic rings. The first-order valence-electron chi connectivity index (χ1n) is 11.5. The van der Waals surface area contributed by atoms with Crippen LogP contribution >= 0.6 is 0 Å². The third-order valence-corrected chi connectivity index (χ3v) is 6.51. The average molecular weight is 474 g/mol. The van der Waals surface area contributed by atoms with E-state index in [-0.39, 0.29) is 24.8 Å². The minimum Gasteiger partial charge on any atom is -0.488 e. The van der Waals surface area contributed by atoms with Gasteiger partial charge in [0.1, 0.15) is 18.8 Å². The van der Waals surface area contributed by atoms with Gasteiger partial charge in [0, 0.05) is 12.1 Å². The van der Waals surface area contributed by atoms with E-state index >= 15 is 0 Å². The van der Waals surface area contributed by atoms with Gasteiger partial charge >= 0.3 is 0 Å². The summed E-state index contributed by atoms with van der Waals surface area (Å²) in [6.07, 6.45) is 7.44. The molecule has 1 amide bonds.